The van der Waals surface area contributed by atoms with Crippen LogP contribution in [0.2, 0.25) is 0 Å². The molecule has 0 radical (unpaired) electrons. The van der Waals surface area contributed by atoms with Crippen LogP contribution in [0, 0.1) is 5.92 Å². The van der Waals surface area contributed by atoms with Gasteiger partial charge in [-0.15, -0.1) is 5.10 Å². The second-order valence-corrected chi connectivity index (χ2v) is 10.6. The smallest absolute Gasteiger partial charge is 0.229 e. The number of hydrogen-bond acceptors (Lipinski definition) is 5. The Balaban J connectivity index is 0.984. The van der Waals surface area contributed by atoms with E-state index in [1.165, 1.54) is 16.3 Å². The Hall–Kier alpha value is -4.26. The van der Waals surface area contributed by atoms with Crippen LogP contribution in [0.1, 0.15) is 36.3 Å². The molecule has 3 aromatic carbocycles. The summed E-state index contributed by atoms with van der Waals surface area (Å²) in [6.07, 6.45) is 4.81. The predicted molar refractivity (Wildman–Crippen MR) is 154 cm³/mol. The van der Waals surface area contributed by atoms with Gasteiger partial charge in [0.25, 0.3) is 0 Å². The second kappa shape index (κ2) is 11.2. The molecule has 2 saturated heterocycles. The van der Waals surface area contributed by atoms with Crippen LogP contribution in [0.25, 0.3) is 10.8 Å². The van der Waals surface area contributed by atoms with Crippen LogP contribution in [-0.4, -0.2) is 53.1 Å². The molecule has 7 nitrogen and oxygen atoms in total. The molecule has 1 aromatic heterocycles. The molecule has 2 amide bonds. The van der Waals surface area contributed by atoms with Crippen molar-refractivity contribution >= 4 is 34.1 Å². The summed E-state index contributed by atoms with van der Waals surface area (Å²) in [5.41, 5.74) is 3.16. The van der Waals surface area contributed by atoms with Crippen molar-refractivity contribution in [1.29, 1.82) is 0 Å². The summed E-state index contributed by atoms with van der Waals surface area (Å²) in [5, 5.41) is 13.6. The number of amides is 2. The average Bonchev–Trinajstić information content (AvgIpc) is 3.49. The van der Waals surface area contributed by atoms with Gasteiger partial charge in [-0.3, -0.25) is 9.59 Å². The highest BCUT2D eigenvalue weighted by molar-refractivity contribution is 5.93. The number of fused-ring (bicyclic) bond motifs is 1. The lowest BCUT2D eigenvalue weighted by Gasteiger charge is -2.32. The monoisotopic (exact) mass is 519 g/mol. The predicted octanol–water partition coefficient (Wildman–Crippen LogP) is 5.04. The molecule has 6 rings (SSSR count). The number of nitrogens with zero attached hydrogens (tertiary/aromatic N) is 4. The molecule has 0 unspecified atom stereocenters. The number of piperidine rings is 1. The Labute approximate surface area is 228 Å². The number of nitrogens with one attached hydrogen (secondary N) is 1. The maximum atomic E-state index is 13.0. The highest BCUT2D eigenvalue weighted by atomic mass is 16.2. The quantitative estimate of drug-likeness (QED) is 0.386. The Kier molecular flexibility index (Phi) is 7.21. The van der Waals surface area contributed by atoms with E-state index in [9.17, 15) is 9.59 Å². The van der Waals surface area contributed by atoms with Gasteiger partial charge in [0.05, 0.1) is 12.3 Å². The largest absolute Gasteiger partial charge is 0.354 e. The van der Waals surface area contributed by atoms with Gasteiger partial charge in [-0.2, -0.15) is 5.10 Å². The van der Waals surface area contributed by atoms with Crippen LogP contribution in [0.5, 0.6) is 0 Å². The van der Waals surface area contributed by atoms with Crippen LogP contribution in [0.4, 0.5) is 11.5 Å². The van der Waals surface area contributed by atoms with Gasteiger partial charge in [0, 0.05) is 38.1 Å². The maximum Gasteiger partial charge on any atom is 0.229 e. The molecule has 0 aliphatic carbocycles. The lowest BCUT2D eigenvalue weighted by molar-refractivity contribution is -0.131. The van der Waals surface area contributed by atoms with Crippen molar-refractivity contribution in [1.82, 2.24) is 15.1 Å². The fourth-order valence-corrected chi connectivity index (χ4v) is 5.82. The number of likely N-dealkylation sites (tertiary alicyclic amines) is 1. The third-order valence-corrected chi connectivity index (χ3v) is 8.11. The fraction of sp³-hybridized carbons (Fsp3) is 0.312. The standard InChI is InChI=1S/C32H33N5O2/c38-31(21-23-7-8-24-4-1-2-5-27(24)20-23)36-17-13-26(14-18-36)25-9-11-29(12-10-25)34-32(39)28-15-19-37(22-28)30-6-3-16-33-35-30/h1-12,16,20,26,28H,13-15,17-19,21-22H2,(H,34,39)/t28-/m0/s1. The van der Waals surface area contributed by atoms with E-state index >= 15 is 0 Å². The first-order valence-corrected chi connectivity index (χ1v) is 13.8. The van der Waals surface area contributed by atoms with Crippen molar-refractivity contribution in [3.8, 4) is 0 Å². The van der Waals surface area contributed by atoms with Gasteiger partial charge in [-0.05, 0) is 71.3 Å². The number of aromatic nitrogens is 2. The molecule has 39 heavy (non-hydrogen) atoms. The normalized spacial score (nSPS) is 17.9. The lowest BCUT2D eigenvalue weighted by Crippen LogP contribution is -2.38. The molecule has 198 valence electrons. The summed E-state index contributed by atoms with van der Waals surface area (Å²) in [5.74, 6) is 1.43. The molecule has 2 fully saturated rings. The summed E-state index contributed by atoms with van der Waals surface area (Å²) in [4.78, 5) is 30.0. The van der Waals surface area contributed by atoms with E-state index in [1.54, 1.807) is 6.20 Å². The van der Waals surface area contributed by atoms with E-state index in [4.69, 9.17) is 0 Å². The number of benzene rings is 3. The van der Waals surface area contributed by atoms with Crippen molar-refractivity contribution in [3.05, 3.63) is 96.2 Å². The Bertz CT molecular complexity index is 1450. The summed E-state index contributed by atoms with van der Waals surface area (Å²) in [7, 11) is 0. The first-order chi connectivity index (χ1) is 19.1. The average molecular weight is 520 g/mol. The van der Waals surface area contributed by atoms with Gasteiger partial charge in [-0.1, -0.05) is 54.6 Å². The van der Waals surface area contributed by atoms with Gasteiger partial charge < -0.3 is 15.1 Å². The van der Waals surface area contributed by atoms with E-state index in [2.05, 4.69) is 62.9 Å². The minimum absolute atomic E-state index is 0.0485. The van der Waals surface area contributed by atoms with Crippen LogP contribution in [0.15, 0.2) is 85.1 Å². The topological polar surface area (TPSA) is 78.4 Å². The lowest BCUT2D eigenvalue weighted by atomic mass is 9.89. The molecule has 3 heterocycles. The minimum atomic E-state index is -0.0665. The van der Waals surface area contributed by atoms with Gasteiger partial charge >= 0.3 is 0 Å². The third kappa shape index (κ3) is 5.77. The summed E-state index contributed by atoms with van der Waals surface area (Å²) >= 11 is 0. The fourth-order valence-electron chi connectivity index (χ4n) is 5.82. The molecule has 7 heteroatoms. The Morgan fingerprint density at radius 1 is 0.846 bits per heavy atom. The van der Waals surface area contributed by atoms with Gasteiger partial charge in [0.1, 0.15) is 0 Å². The number of carbonyl (C=O) groups excluding carboxylic acids is 2. The number of rotatable bonds is 6. The highest BCUT2D eigenvalue weighted by Crippen LogP contribution is 2.30. The van der Waals surface area contributed by atoms with Crippen molar-refractivity contribution in [2.24, 2.45) is 5.92 Å². The van der Waals surface area contributed by atoms with Crippen molar-refractivity contribution in [3.63, 3.8) is 0 Å². The van der Waals surface area contributed by atoms with E-state index < -0.39 is 0 Å². The number of carbonyl (C=O) groups is 2. The van der Waals surface area contributed by atoms with Gasteiger partial charge in [0.15, 0.2) is 5.82 Å². The summed E-state index contributed by atoms with van der Waals surface area (Å²) in [6, 6.07) is 26.6. The summed E-state index contributed by atoms with van der Waals surface area (Å²) in [6.45, 7) is 3.01. The molecule has 0 spiro atoms. The van der Waals surface area contributed by atoms with Crippen LogP contribution < -0.4 is 10.2 Å². The molecule has 0 saturated carbocycles. The molecule has 4 aromatic rings. The molecule has 2 aliphatic heterocycles. The molecule has 1 atom stereocenters. The zero-order chi connectivity index (χ0) is 26.6. The SMILES string of the molecule is O=C(Nc1ccc(C2CCN(C(=O)Cc3ccc4ccccc4c3)CC2)cc1)[C@H]1CCN(c2cccnn2)C1. The minimum Gasteiger partial charge on any atom is -0.354 e. The first-order valence-electron chi connectivity index (χ1n) is 13.8. The van der Waals surface area contributed by atoms with Gasteiger partial charge in [-0.25, -0.2) is 0 Å². The van der Waals surface area contributed by atoms with E-state index in [0.29, 0.717) is 18.9 Å². The van der Waals surface area contributed by atoms with Crippen molar-refractivity contribution in [2.75, 3.05) is 36.4 Å². The van der Waals surface area contributed by atoms with Crippen LogP contribution >= 0.6 is 0 Å². The second-order valence-electron chi connectivity index (χ2n) is 10.6. The molecule has 0 bridgehead atoms. The third-order valence-electron chi connectivity index (χ3n) is 8.11. The maximum absolute atomic E-state index is 13.0. The number of anilines is 2. The highest BCUT2D eigenvalue weighted by Gasteiger charge is 2.29. The first kappa shape index (κ1) is 25.0. The Morgan fingerprint density at radius 2 is 1.64 bits per heavy atom. The summed E-state index contributed by atoms with van der Waals surface area (Å²) < 4.78 is 0. The van der Waals surface area contributed by atoms with E-state index in [-0.39, 0.29) is 17.7 Å². The van der Waals surface area contributed by atoms with Crippen molar-refractivity contribution in [2.45, 2.75) is 31.6 Å². The molecular weight excluding hydrogens is 486 g/mol. The molecule has 2 aliphatic rings. The zero-order valence-corrected chi connectivity index (χ0v) is 22.0. The molecule has 1 N–H and O–H groups in total. The molecular formula is C32H33N5O2. The van der Waals surface area contributed by atoms with Gasteiger partial charge in [0.2, 0.25) is 11.8 Å². The van der Waals surface area contributed by atoms with Crippen LogP contribution in [-0.2, 0) is 16.0 Å². The van der Waals surface area contributed by atoms with E-state index in [1.807, 2.05) is 41.3 Å². The zero-order valence-electron chi connectivity index (χ0n) is 22.0. The van der Waals surface area contributed by atoms with E-state index in [0.717, 1.165) is 56.0 Å². The van der Waals surface area contributed by atoms with Crippen LogP contribution in [0.3, 0.4) is 0 Å². The van der Waals surface area contributed by atoms with Crippen molar-refractivity contribution < 1.29 is 9.59 Å². The number of hydrogen-bond donors (Lipinski definition) is 1. The Morgan fingerprint density at radius 3 is 2.41 bits per heavy atom.